The summed E-state index contributed by atoms with van der Waals surface area (Å²) in [6, 6.07) is 30.6. The van der Waals surface area contributed by atoms with Gasteiger partial charge in [0.25, 0.3) is 0 Å². The highest BCUT2D eigenvalue weighted by Gasteiger charge is 2.24. The lowest BCUT2D eigenvalue weighted by molar-refractivity contribution is 0.692. The normalized spacial score (nSPS) is 14.1. The van der Waals surface area contributed by atoms with Crippen LogP contribution in [0, 0.1) is 29.1 Å². The molecule has 3 aromatic carbocycles. The van der Waals surface area contributed by atoms with Crippen molar-refractivity contribution in [2.75, 3.05) is 0 Å². The summed E-state index contributed by atoms with van der Waals surface area (Å²) >= 11 is 0. The summed E-state index contributed by atoms with van der Waals surface area (Å²) in [5.41, 5.74) is 3.98. The third kappa shape index (κ3) is 4.32. The van der Waals surface area contributed by atoms with E-state index in [1.807, 2.05) is 66.7 Å². The molecule has 0 amide bonds. The summed E-state index contributed by atoms with van der Waals surface area (Å²) in [7, 11) is 0. The van der Waals surface area contributed by atoms with Gasteiger partial charge in [0.05, 0.1) is 0 Å². The monoisotopic (exact) mass is 356 g/mol. The minimum Gasteiger partial charge on any atom is -0.0739 e. The van der Waals surface area contributed by atoms with E-state index in [9.17, 15) is 0 Å². The molecule has 3 aromatic rings. The number of rotatable bonds is 1. The molecule has 1 aliphatic rings. The maximum Gasteiger partial charge on any atom is 0.114 e. The second-order valence-electron chi connectivity index (χ2n) is 6.77. The highest BCUT2D eigenvalue weighted by atomic mass is 14.2. The minimum atomic E-state index is -0.482. The predicted molar refractivity (Wildman–Crippen MR) is 117 cm³/mol. The lowest BCUT2D eigenvalue weighted by Crippen LogP contribution is -2.15. The molecule has 0 fully saturated rings. The summed E-state index contributed by atoms with van der Waals surface area (Å²) in [5.74, 6) is 13.5. The van der Waals surface area contributed by atoms with Crippen LogP contribution in [0.5, 0.6) is 0 Å². The smallest absolute Gasteiger partial charge is 0.0739 e. The van der Waals surface area contributed by atoms with Crippen LogP contribution in [0.15, 0.2) is 109 Å². The van der Waals surface area contributed by atoms with Crippen molar-refractivity contribution < 1.29 is 0 Å². The van der Waals surface area contributed by atoms with E-state index >= 15 is 0 Å². The molecule has 0 radical (unpaired) electrons. The third-order valence-corrected chi connectivity index (χ3v) is 4.71. The van der Waals surface area contributed by atoms with Crippen LogP contribution in [0.25, 0.3) is 5.57 Å². The van der Waals surface area contributed by atoms with Gasteiger partial charge < -0.3 is 0 Å². The molecule has 1 aliphatic carbocycles. The standard InChI is InChI=1S/C28H20/c1-4-10-24(11-5-1)16-20-28(21-17-25-12-6-2-7-13-25)22-18-27(19-23-28)26-14-8-3-9-15-26/h1-15,18-19,22H,23H2. The van der Waals surface area contributed by atoms with Gasteiger partial charge in [0.2, 0.25) is 0 Å². The fraction of sp³-hybridized carbons (Fsp3) is 0.0714. The third-order valence-electron chi connectivity index (χ3n) is 4.71. The van der Waals surface area contributed by atoms with Crippen LogP contribution in [0.1, 0.15) is 23.1 Å². The topological polar surface area (TPSA) is 0 Å². The average Bonchev–Trinajstić information content (AvgIpc) is 2.79. The van der Waals surface area contributed by atoms with Gasteiger partial charge in [0.15, 0.2) is 0 Å². The van der Waals surface area contributed by atoms with Gasteiger partial charge in [-0.1, -0.05) is 109 Å². The Morgan fingerprint density at radius 2 is 1.11 bits per heavy atom. The Hall–Kier alpha value is -3.74. The first-order valence-electron chi connectivity index (χ1n) is 9.44. The largest absolute Gasteiger partial charge is 0.114 e. The molecule has 0 nitrogen and oxygen atoms in total. The minimum absolute atomic E-state index is 0.482. The molecule has 0 bridgehead atoms. The average molecular weight is 356 g/mol. The molecule has 0 aromatic heterocycles. The van der Waals surface area contributed by atoms with Crippen LogP contribution < -0.4 is 0 Å². The van der Waals surface area contributed by atoms with Gasteiger partial charge >= 0.3 is 0 Å². The Morgan fingerprint density at radius 1 is 0.607 bits per heavy atom. The molecule has 4 rings (SSSR count). The summed E-state index contributed by atoms with van der Waals surface area (Å²) in [6.45, 7) is 0. The number of allylic oxidation sites excluding steroid dienone is 4. The highest BCUT2D eigenvalue weighted by Crippen LogP contribution is 2.32. The molecular formula is C28H20. The van der Waals surface area contributed by atoms with Gasteiger partial charge in [0.1, 0.15) is 5.41 Å². The second kappa shape index (κ2) is 8.30. The van der Waals surface area contributed by atoms with Gasteiger partial charge in [-0.25, -0.2) is 0 Å². The maximum absolute atomic E-state index is 3.44. The zero-order chi connectivity index (χ0) is 19.1. The SMILES string of the molecule is C(#CC1(C#Cc2ccccc2)C=CC(c2ccccc2)=CC1)c1ccccc1. The molecule has 28 heavy (non-hydrogen) atoms. The molecule has 0 atom stereocenters. The summed E-state index contributed by atoms with van der Waals surface area (Å²) in [4.78, 5) is 0. The quantitative estimate of drug-likeness (QED) is 0.461. The van der Waals surface area contributed by atoms with Crippen molar-refractivity contribution in [3.8, 4) is 23.7 Å². The molecule has 0 aliphatic heterocycles. The van der Waals surface area contributed by atoms with Crippen LogP contribution >= 0.6 is 0 Å². The molecule has 0 spiro atoms. The first-order chi connectivity index (χ1) is 13.8. The second-order valence-corrected chi connectivity index (χ2v) is 6.77. The van der Waals surface area contributed by atoms with Gasteiger partial charge in [0, 0.05) is 11.1 Å². The summed E-state index contributed by atoms with van der Waals surface area (Å²) < 4.78 is 0. The van der Waals surface area contributed by atoms with Crippen molar-refractivity contribution in [1.82, 2.24) is 0 Å². The fourth-order valence-electron chi connectivity index (χ4n) is 3.11. The first-order valence-corrected chi connectivity index (χ1v) is 9.44. The number of benzene rings is 3. The van der Waals surface area contributed by atoms with E-state index in [1.54, 1.807) is 0 Å². The van der Waals surface area contributed by atoms with E-state index in [4.69, 9.17) is 0 Å². The van der Waals surface area contributed by atoms with Crippen LogP contribution in [0.4, 0.5) is 0 Å². The van der Waals surface area contributed by atoms with Crippen molar-refractivity contribution in [2.24, 2.45) is 5.41 Å². The summed E-state index contributed by atoms with van der Waals surface area (Å²) in [6.07, 6.45) is 7.32. The van der Waals surface area contributed by atoms with E-state index in [2.05, 4.69) is 66.2 Å². The summed E-state index contributed by atoms with van der Waals surface area (Å²) in [5, 5.41) is 0. The number of hydrogen-bond donors (Lipinski definition) is 0. The molecule has 0 unspecified atom stereocenters. The Bertz CT molecular complexity index is 1050. The van der Waals surface area contributed by atoms with Crippen molar-refractivity contribution in [1.29, 1.82) is 0 Å². The van der Waals surface area contributed by atoms with Crippen molar-refractivity contribution in [3.05, 3.63) is 126 Å². The molecule has 0 heterocycles. The van der Waals surface area contributed by atoms with Crippen molar-refractivity contribution in [2.45, 2.75) is 6.42 Å². The maximum atomic E-state index is 3.44. The van der Waals surface area contributed by atoms with E-state index < -0.39 is 5.41 Å². The Balaban J connectivity index is 1.68. The van der Waals surface area contributed by atoms with Crippen LogP contribution in [-0.4, -0.2) is 0 Å². The zero-order valence-corrected chi connectivity index (χ0v) is 15.6. The van der Waals surface area contributed by atoms with E-state index in [0.717, 1.165) is 17.5 Å². The predicted octanol–water partition coefficient (Wildman–Crippen LogP) is 6.12. The molecule has 0 saturated heterocycles. The van der Waals surface area contributed by atoms with Gasteiger partial charge in [-0.15, -0.1) is 0 Å². The van der Waals surface area contributed by atoms with Gasteiger partial charge in [-0.05, 0) is 41.8 Å². The van der Waals surface area contributed by atoms with Crippen molar-refractivity contribution in [3.63, 3.8) is 0 Å². The molecule has 132 valence electrons. The van der Waals surface area contributed by atoms with Crippen molar-refractivity contribution >= 4 is 5.57 Å². The molecule has 0 N–H and O–H groups in total. The van der Waals surface area contributed by atoms with Gasteiger partial charge in [-0.3, -0.25) is 0 Å². The van der Waals surface area contributed by atoms with Crippen LogP contribution in [0.2, 0.25) is 0 Å². The molecule has 0 heteroatoms. The lowest BCUT2D eigenvalue weighted by Gasteiger charge is -2.21. The van der Waals surface area contributed by atoms with E-state index in [0.29, 0.717) is 0 Å². The van der Waals surface area contributed by atoms with Crippen LogP contribution in [-0.2, 0) is 0 Å². The first kappa shape index (κ1) is 17.7. The van der Waals surface area contributed by atoms with Gasteiger partial charge in [-0.2, -0.15) is 0 Å². The van der Waals surface area contributed by atoms with Crippen LogP contribution in [0.3, 0.4) is 0 Å². The Labute approximate surface area is 167 Å². The molecular weight excluding hydrogens is 336 g/mol. The fourth-order valence-corrected chi connectivity index (χ4v) is 3.11. The Kier molecular flexibility index (Phi) is 5.24. The lowest BCUT2D eigenvalue weighted by atomic mass is 9.79. The van der Waals surface area contributed by atoms with E-state index in [-0.39, 0.29) is 0 Å². The zero-order valence-electron chi connectivity index (χ0n) is 15.6. The molecule has 0 saturated carbocycles. The number of hydrogen-bond acceptors (Lipinski definition) is 0. The highest BCUT2D eigenvalue weighted by molar-refractivity contribution is 5.76. The Morgan fingerprint density at radius 3 is 1.57 bits per heavy atom. The van der Waals surface area contributed by atoms with E-state index in [1.165, 1.54) is 11.1 Å².